The summed E-state index contributed by atoms with van der Waals surface area (Å²) in [5.74, 6) is -0.158. The summed E-state index contributed by atoms with van der Waals surface area (Å²) in [4.78, 5) is 11.9. The third-order valence-corrected chi connectivity index (χ3v) is 4.27. The van der Waals surface area contributed by atoms with Crippen molar-refractivity contribution in [1.82, 2.24) is 9.61 Å². The lowest BCUT2D eigenvalue weighted by Gasteiger charge is -2.03. The molecule has 2 aromatic heterocycles. The molecule has 7 heteroatoms. The number of ketones is 1. The van der Waals surface area contributed by atoms with Gasteiger partial charge in [0.1, 0.15) is 5.69 Å². The number of nitrogens with zero attached hydrogens (tertiary/aromatic N) is 2. The van der Waals surface area contributed by atoms with Crippen molar-refractivity contribution in [3.63, 3.8) is 0 Å². The average molecular weight is 315 g/mol. The minimum Gasteiger partial charge on any atom is -0.293 e. The summed E-state index contributed by atoms with van der Waals surface area (Å²) in [6.07, 6.45) is 1.75. The largest absolute Gasteiger partial charge is 0.293 e. The molecule has 0 aliphatic heterocycles. The number of hydrogen-bond donors (Lipinski definition) is 1. The second-order valence-electron chi connectivity index (χ2n) is 4.88. The van der Waals surface area contributed by atoms with Gasteiger partial charge in [0.15, 0.2) is 5.78 Å². The van der Waals surface area contributed by atoms with Gasteiger partial charge in [-0.05, 0) is 29.8 Å². The molecular weight excluding hydrogens is 302 g/mol. The maximum absolute atomic E-state index is 11.8. The molecule has 3 aromatic rings. The van der Waals surface area contributed by atoms with Gasteiger partial charge in [-0.2, -0.15) is 5.10 Å². The van der Waals surface area contributed by atoms with Crippen LogP contribution in [0.3, 0.4) is 0 Å². The molecule has 2 N–H and O–H groups in total. The molecule has 6 nitrogen and oxygen atoms in total. The zero-order chi connectivity index (χ0) is 15.9. The molecule has 0 saturated carbocycles. The topological polar surface area (TPSA) is 94.5 Å². The zero-order valence-corrected chi connectivity index (χ0v) is 12.5. The predicted octanol–water partition coefficient (Wildman–Crippen LogP) is 1.85. The number of carbonyl (C=O) groups excluding carboxylic acids is 1. The van der Waals surface area contributed by atoms with Crippen LogP contribution >= 0.6 is 0 Å². The van der Waals surface area contributed by atoms with Crippen LogP contribution in [0.1, 0.15) is 17.4 Å². The molecule has 0 amide bonds. The first-order chi connectivity index (χ1) is 10.4. The van der Waals surface area contributed by atoms with E-state index in [0.29, 0.717) is 16.8 Å². The highest BCUT2D eigenvalue weighted by molar-refractivity contribution is 7.89. The lowest BCUT2D eigenvalue weighted by atomic mass is 10.0. The van der Waals surface area contributed by atoms with Gasteiger partial charge in [-0.25, -0.2) is 18.1 Å². The van der Waals surface area contributed by atoms with Crippen LogP contribution in [0.4, 0.5) is 0 Å². The quantitative estimate of drug-likeness (QED) is 0.746. The smallest absolute Gasteiger partial charge is 0.238 e. The third-order valence-electron chi connectivity index (χ3n) is 3.34. The van der Waals surface area contributed by atoms with E-state index in [1.54, 1.807) is 22.8 Å². The van der Waals surface area contributed by atoms with Gasteiger partial charge in [0.05, 0.1) is 10.4 Å². The molecule has 2 heterocycles. The molecule has 112 valence electrons. The first-order valence-corrected chi connectivity index (χ1v) is 8.04. The van der Waals surface area contributed by atoms with E-state index in [4.69, 9.17) is 5.14 Å². The number of hydrogen-bond acceptors (Lipinski definition) is 4. The summed E-state index contributed by atoms with van der Waals surface area (Å²) in [6.45, 7) is 1.45. The average Bonchev–Trinajstić information content (AvgIpc) is 2.86. The monoisotopic (exact) mass is 315 g/mol. The fraction of sp³-hybridized carbons (Fsp3) is 0.0667. The van der Waals surface area contributed by atoms with E-state index in [0.717, 1.165) is 5.52 Å². The van der Waals surface area contributed by atoms with Crippen LogP contribution in [-0.4, -0.2) is 23.8 Å². The van der Waals surface area contributed by atoms with Gasteiger partial charge < -0.3 is 0 Å². The van der Waals surface area contributed by atoms with Crippen LogP contribution in [0.5, 0.6) is 0 Å². The number of carbonyl (C=O) groups is 1. The summed E-state index contributed by atoms with van der Waals surface area (Å²) in [6, 6.07) is 11.6. The van der Waals surface area contributed by atoms with Crippen LogP contribution in [0.2, 0.25) is 0 Å². The fourth-order valence-electron chi connectivity index (χ4n) is 2.34. The second-order valence-corrected chi connectivity index (χ2v) is 6.44. The second kappa shape index (κ2) is 5.04. The Morgan fingerprint density at radius 1 is 1.14 bits per heavy atom. The minimum absolute atomic E-state index is 0.0251. The maximum atomic E-state index is 11.8. The van der Waals surface area contributed by atoms with E-state index in [-0.39, 0.29) is 10.7 Å². The number of fused-ring (bicyclic) bond motifs is 1. The first-order valence-electron chi connectivity index (χ1n) is 6.49. The number of pyridine rings is 1. The lowest BCUT2D eigenvalue weighted by Crippen LogP contribution is -2.11. The zero-order valence-electron chi connectivity index (χ0n) is 11.7. The Kier molecular flexibility index (Phi) is 3.31. The van der Waals surface area contributed by atoms with Gasteiger partial charge in [-0.1, -0.05) is 18.2 Å². The highest BCUT2D eigenvalue weighted by atomic mass is 32.2. The molecular formula is C15H13N3O3S. The van der Waals surface area contributed by atoms with E-state index in [1.165, 1.54) is 19.1 Å². The van der Waals surface area contributed by atoms with Crippen LogP contribution in [0.15, 0.2) is 53.6 Å². The van der Waals surface area contributed by atoms with Gasteiger partial charge >= 0.3 is 0 Å². The molecule has 22 heavy (non-hydrogen) atoms. The highest BCUT2D eigenvalue weighted by Crippen LogP contribution is 2.29. The Balaban J connectivity index is 2.25. The predicted molar refractivity (Wildman–Crippen MR) is 82.0 cm³/mol. The molecule has 1 aromatic carbocycles. The van der Waals surface area contributed by atoms with Crippen molar-refractivity contribution < 1.29 is 13.2 Å². The molecule has 0 aliphatic carbocycles. The number of sulfonamides is 1. The van der Waals surface area contributed by atoms with Crippen molar-refractivity contribution in [3.05, 3.63) is 54.4 Å². The summed E-state index contributed by atoms with van der Waals surface area (Å²) >= 11 is 0. The molecule has 0 radical (unpaired) electrons. The normalized spacial score (nSPS) is 11.7. The van der Waals surface area contributed by atoms with Crippen LogP contribution in [-0.2, 0) is 10.0 Å². The molecule has 0 fully saturated rings. The van der Waals surface area contributed by atoms with E-state index < -0.39 is 10.0 Å². The molecule has 0 atom stereocenters. The van der Waals surface area contributed by atoms with Crippen molar-refractivity contribution >= 4 is 21.3 Å². The van der Waals surface area contributed by atoms with Gasteiger partial charge in [0, 0.05) is 18.7 Å². The summed E-state index contributed by atoms with van der Waals surface area (Å²) in [5, 5.41) is 9.38. The first kappa shape index (κ1) is 14.4. The minimum atomic E-state index is -3.75. The highest BCUT2D eigenvalue weighted by Gasteiger charge is 2.18. The summed E-state index contributed by atoms with van der Waals surface area (Å²) in [5.41, 5.74) is 2.50. The Morgan fingerprint density at radius 2 is 1.82 bits per heavy atom. The van der Waals surface area contributed by atoms with Gasteiger partial charge in [-0.15, -0.1) is 0 Å². The van der Waals surface area contributed by atoms with E-state index in [2.05, 4.69) is 5.10 Å². The van der Waals surface area contributed by atoms with E-state index in [1.807, 2.05) is 18.2 Å². The molecule has 0 spiro atoms. The molecule has 0 unspecified atom stereocenters. The van der Waals surface area contributed by atoms with Crippen molar-refractivity contribution in [2.75, 3.05) is 0 Å². The van der Waals surface area contributed by atoms with Crippen molar-refractivity contribution in [2.24, 2.45) is 5.14 Å². The van der Waals surface area contributed by atoms with Crippen LogP contribution < -0.4 is 5.14 Å². The van der Waals surface area contributed by atoms with E-state index >= 15 is 0 Å². The number of benzene rings is 1. The maximum Gasteiger partial charge on any atom is 0.238 e. The Morgan fingerprint density at radius 3 is 2.41 bits per heavy atom. The van der Waals surface area contributed by atoms with Crippen LogP contribution in [0.25, 0.3) is 16.6 Å². The van der Waals surface area contributed by atoms with Gasteiger partial charge in [0.2, 0.25) is 10.0 Å². The molecule has 0 bridgehead atoms. The SMILES string of the molecule is CC(=O)c1nn2ccccc2c1-c1ccc(S(N)(=O)=O)cc1. The third kappa shape index (κ3) is 2.40. The fourth-order valence-corrected chi connectivity index (χ4v) is 2.86. The number of Topliss-reactive ketones (excluding diaryl/α,β-unsaturated/α-hetero) is 1. The van der Waals surface area contributed by atoms with Crippen molar-refractivity contribution in [2.45, 2.75) is 11.8 Å². The Hall–Kier alpha value is -2.51. The van der Waals surface area contributed by atoms with Gasteiger partial charge in [-0.3, -0.25) is 4.79 Å². The molecule has 3 rings (SSSR count). The molecule has 0 saturated heterocycles. The summed E-state index contributed by atoms with van der Waals surface area (Å²) < 4.78 is 24.3. The summed E-state index contributed by atoms with van der Waals surface area (Å²) in [7, 11) is -3.75. The van der Waals surface area contributed by atoms with Gasteiger partial charge in [0.25, 0.3) is 0 Å². The Bertz CT molecular complexity index is 973. The van der Waals surface area contributed by atoms with Crippen molar-refractivity contribution in [3.8, 4) is 11.1 Å². The number of aromatic nitrogens is 2. The Labute approximate surface area is 127 Å². The number of nitrogens with two attached hydrogens (primary N) is 1. The molecule has 0 aliphatic rings. The standard InChI is InChI=1S/C15H13N3O3S/c1-10(19)15-14(13-4-2-3-9-18(13)17-15)11-5-7-12(8-6-11)22(16,20)21/h2-9H,1H3,(H2,16,20,21). The van der Waals surface area contributed by atoms with Crippen LogP contribution in [0, 0.1) is 0 Å². The van der Waals surface area contributed by atoms with E-state index in [9.17, 15) is 13.2 Å². The van der Waals surface area contributed by atoms with Crippen molar-refractivity contribution in [1.29, 1.82) is 0 Å². The number of primary sulfonamides is 1. The lowest BCUT2D eigenvalue weighted by molar-refractivity contribution is 0.101. The number of rotatable bonds is 3.